The maximum Gasteiger partial charge on any atom is 0.317 e. The van der Waals surface area contributed by atoms with Crippen LogP contribution in [0.25, 0.3) is 16.7 Å². The number of hydrogen-bond acceptors (Lipinski definition) is 3. The lowest BCUT2D eigenvalue weighted by Gasteiger charge is -2.10. The number of hydrazine groups is 1. The molecule has 0 unspecified atom stereocenters. The van der Waals surface area contributed by atoms with Gasteiger partial charge in [0.15, 0.2) is 11.0 Å². The first-order valence-electron chi connectivity index (χ1n) is 9.87. The number of H-pyrrole nitrogens is 1. The van der Waals surface area contributed by atoms with Gasteiger partial charge in [-0.05, 0) is 71.4 Å². The Morgan fingerprint density at radius 1 is 1.03 bits per heavy atom. The molecule has 3 N–H and O–H groups in total. The number of thioether (sulfide) groups is 1. The second-order valence-corrected chi connectivity index (χ2v) is 8.51. The van der Waals surface area contributed by atoms with Crippen LogP contribution in [-0.4, -0.2) is 16.6 Å². The van der Waals surface area contributed by atoms with Gasteiger partial charge in [0.25, 0.3) is 0 Å². The molecule has 4 rings (SSSR count). The van der Waals surface area contributed by atoms with E-state index in [0.717, 1.165) is 21.8 Å². The van der Waals surface area contributed by atoms with Gasteiger partial charge in [0, 0.05) is 5.02 Å². The number of benzene rings is 3. The molecule has 1 aromatic heterocycles. The Kier molecular flexibility index (Phi) is 6.78. The van der Waals surface area contributed by atoms with Crippen LogP contribution in [0, 0.1) is 5.82 Å². The van der Waals surface area contributed by atoms with Crippen LogP contribution in [-0.2, 0) is 11.3 Å². The van der Waals surface area contributed by atoms with Crippen molar-refractivity contribution in [2.24, 2.45) is 0 Å². The van der Waals surface area contributed by atoms with Crippen molar-refractivity contribution in [3.63, 3.8) is 0 Å². The Morgan fingerprint density at radius 2 is 1.75 bits per heavy atom. The second-order valence-electron chi connectivity index (χ2n) is 7.11. The van der Waals surface area contributed by atoms with Crippen molar-refractivity contribution in [1.82, 2.24) is 15.8 Å². The fourth-order valence-corrected chi connectivity index (χ4v) is 4.16. The standard InChI is InChI=1S/C24H20ClFN4OS/c1-16(18-8-12-20(26)13-9-18)28-29-23(31)15-32-24-27-21-4-2-3-5-22(21)30(24)14-17-6-10-19(25)11-7-17/h2-13,28H,1,14-15H2,(H,29,31)/p+1. The number of halogens is 2. The third-order valence-electron chi connectivity index (χ3n) is 4.82. The Labute approximate surface area is 194 Å². The molecule has 0 aliphatic rings. The largest absolute Gasteiger partial charge is 0.317 e. The molecule has 8 heteroatoms. The number of nitrogens with one attached hydrogen (secondary N) is 3. The smallest absolute Gasteiger partial charge is 0.299 e. The van der Waals surface area contributed by atoms with Gasteiger partial charge < -0.3 is 0 Å². The molecule has 1 heterocycles. The molecule has 0 aliphatic carbocycles. The number of para-hydroxylation sites is 2. The lowest BCUT2D eigenvalue weighted by atomic mass is 10.2. The Hall–Kier alpha value is -3.29. The lowest BCUT2D eigenvalue weighted by Crippen LogP contribution is -2.38. The molecule has 32 heavy (non-hydrogen) atoms. The third kappa shape index (κ3) is 5.30. The number of aromatic nitrogens is 2. The van der Waals surface area contributed by atoms with E-state index in [-0.39, 0.29) is 17.5 Å². The molecule has 0 radical (unpaired) electrons. The highest BCUT2D eigenvalue weighted by molar-refractivity contribution is 7.99. The van der Waals surface area contributed by atoms with Gasteiger partial charge in [-0.3, -0.25) is 15.6 Å². The molecule has 0 spiro atoms. The van der Waals surface area contributed by atoms with Gasteiger partial charge in [0.1, 0.15) is 12.4 Å². The Balaban J connectivity index is 1.42. The molecule has 4 aromatic rings. The van der Waals surface area contributed by atoms with E-state index in [1.54, 1.807) is 12.1 Å². The summed E-state index contributed by atoms with van der Waals surface area (Å²) in [5, 5.41) is 1.56. The van der Waals surface area contributed by atoms with Gasteiger partial charge >= 0.3 is 5.16 Å². The van der Waals surface area contributed by atoms with Crippen LogP contribution in [0.5, 0.6) is 0 Å². The number of aromatic amines is 1. The molecule has 0 atom stereocenters. The van der Waals surface area contributed by atoms with E-state index in [4.69, 9.17) is 11.6 Å². The van der Waals surface area contributed by atoms with Crippen LogP contribution in [0.3, 0.4) is 0 Å². The zero-order valence-corrected chi connectivity index (χ0v) is 18.6. The van der Waals surface area contributed by atoms with Gasteiger partial charge in [-0.15, -0.1) is 0 Å². The van der Waals surface area contributed by atoms with Gasteiger partial charge in [-0.1, -0.05) is 42.4 Å². The van der Waals surface area contributed by atoms with Gasteiger partial charge in [0.05, 0.1) is 11.4 Å². The van der Waals surface area contributed by atoms with Gasteiger partial charge in [-0.25, -0.2) is 13.9 Å². The van der Waals surface area contributed by atoms with Crippen molar-refractivity contribution in [2.45, 2.75) is 11.7 Å². The van der Waals surface area contributed by atoms with E-state index in [1.165, 1.54) is 23.9 Å². The van der Waals surface area contributed by atoms with E-state index in [9.17, 15) is 9.18 Å². The number of carbonyl (C=O) groups is 1. The molecule has 0 aliphatic heterocycles. The highest BCUT2D eigenvalue weighted by Crippen LogP contribution is 2.19. The number of nitrogens with zero attached hydrogens (tertiary/aromatic N) is 1. The Bertz CT molecular complexity index is 1260. The first-order valence-corrected chi connectivity index (χ1v) is 11.2. The summed E-state index contributed by atoms with van der Waals surface area (Å²) in [5.74, 6) is -0.348. The fourth-order valence-electron chi connectivity index (χ4n) is 3.19. The van der Waals surface area contributed by atoms with E-state index >= 15 is 0 Å². The maximum absolute atomic E-state index is 13.1. The number of amides is 1. The van der Waals surface area contributed by atoms with Crippen LogP contribution >= 0.6 is 23.4 Å². The van der Waals surface area contributed by atoms with Crippen molar-refractivity contribution in [3.8, 4) is 0 Å². The topological polar surface area (TPSA) is 60.8 Å². The number of hydrogen-bond donors (Lipinski definition) is 3. The fraction of sp³-hybridized carbons (Fsp3) is 0.0833. The lowest BCUT2D eigenvalue weighted by molar-refractivity contribution is -0.700. The summed E-state index contributed by atoms with van der Waals surface area (Å²) in [6.07, 6.45) is 0. The highest BCUT2D eigenvalue weighted by Gasteiger charge is 2.20. The van der Waals surface area contributed by atoms with Crippen molar-refractivity contribution >= 4 is 46.0 Å². The number of carbonyl (C=O) groups excluding carboxylic acids is 1. The molecule has 0 saturated carbocycles. The van der Waals surface area contributed by atoms with Crippen molar-refractivity contribution < 1.29 is 13.8 Å². The summed E-state index contributed by atoms with van der Waals surface area (Å²) in [6.45, 7) is 4.51. The van der Waals surface area contributed by atoms with E-state index in [1.807, 2.05) is 48.5 Å². The molecule has 1 amide bonds. The molecule has 5 nitrogen and oxygen atoms in total. The van der Waals surface area contributed by atoms with Crippen LogP contribution < -0.4 is 15.4 Å². The van der Waals surface area contributed by atoms with Crippen molar-refractivity contribution in [1.29, 1.82) is 0 Å². The minimum atomic E-state index is -0.327. The van der Waals surface area contributed by atoms with Gasteiger partial charge in [-0.2, -0.15) is 0 Å². The van der Waals surface area contributed by atoms with Gasteiger partial charge in [0.2, 0.25) is 5.91 Å². The van der Waals surface area contributed by atoms with Crippen molar-refractivity contribution in [3.05, 3.63) is 101 Å². The monoisotopic (exact) mass is 467 g/mol. The number of rotatable bonds is 8. The third-order valence-corrected chi connectivity index (χ3v) is 6.08. The summed E-state index contributed by atoms with van der Waals surface area (Å²) in [5.41, 5.74) is 9.73. The summed E-state index contributed by atoms with van der Waals surface area (Å²) < 4.78 is 15.2. The minimum Gasteiger partial charge on any atom is -0.299 e. The summed E-state index contributed by atoms with van der Waals surface area (Å²) >= 11 is 7.41. The summed E-state index contributed by atoms with van der Waals surface area (Å²) in [6, 6.07) is 21.6. The number of imidazole rings is 1. The number of fused-ring (bicyclic) bond motifs is 1. The normalized spacial score (nSPS) is 10.8. The van der Waals surface area contributed by atoms with Crippen molar-refractivity contribution in [2.75, 3.05) is 5.75 Å². The van der Waals surface area contributed by atoms with E-state index < -0.39 is 0 Å². The molecule has 0 saturated heterocycles. The quantitative estimate of drug-likeness (QED) is 0.200. The van der Waals surface area contributed by atoms with E-state index in [2.05, 4.69) is 27.0 Å². The molecule has 162 valence electrons. The zero-order valence-electron chi connectivity index (χ0n) is 17.1. The average molecular weight is 468 g/mol. The molecule has 3 aromatic carbocycles. The minimum absolute atomic E-state index is 0.192. The highest BCUT2D eigenvalue weighted by atomic mass is 35.5. The SMILES string of the molecule is C=C(NNC(=O)CSc1[nH]c2ccccc2[n+]1Cc1ccc(Cl)cc1)c1ccc(F)cc1. The predicted molar refractivity (Wildman–Crippen MR) is 126 cm³/mol. The predicted octanol–water partition coefficient (Wildman–Crippen LogP) is 4.68. The molecular weight excluding hydrogens is 447 g/mol. The second kappa shape index (κ2) is 9.89. The van der Waals surface area contributed by atoms with Crippen LogP contribution in [0.1, 0.15) is 11.1 Å². The van der Waals surface area contributed by atoms with Crippen LogP contribution in [0.2, 0.25) is 5.02 Å². The Morgan fingerprint density at radius 3 is 2.50 bits per heavy atom. The first-order chi connectivity index (χ1) is 15.5. The first kappa shape index (κ1) is 21.9. The average Bonchev–Trinajstić information content (AvgIpc) is 3.15. The van der Waals surface area contributed by atoms with Crippen LogP contribution in [0.15, 0.2) is 84.5 Å². The molecule has 0 fully saturated rings. The molecular formula is C24H21ClFN4OS+. The molecule has 0 bridgehead atoms. The van der Waals surface area contributed by atoms with E-state index in [0.29, 0.717) is 22.8 Å². The van der Waals surface area contributed by atoms with Crippen LogP contribution in [0.4, 0.5) is 4.39 Å². The zero-order chi connectivity index (χ0) is 22.5. The summed E-state index contributed by atoms with van der Waals surface area (Å²) in [7, 11) is 0. The summed E-state index contributed by atoms with van der Waals surface area (Å²) in [4.78, 5) is 15.8. The maximum atomic E-state index is 13.1.